The van der Waals surface area contributed by atoms with Crippen LogP contribution >= 0.6 is 11.8 Å². The van der Waals surface area contributed by atoms with E-state index >= 15 is 0 Å². The maximum Gasteiger partial charge on any atom is 0.283 e. The minimum atomic E-state index is -0.216. The van der Waals surface area contributed by atoms with E-state index in [-0.39, 0.29) is 23.4 Å². The van der Waals surface area contributed by atoms with Crippen LogP contribution in [-0.4, -0.2) is 64.2 Å². The molecule has 2 aliphatic rings. The van der Waals surface area contributed by atoms with Gasteiger partial charge in [-0.15, -0.1) is 0 Å². The summed E-state index contributed by atoms with van der Waals surface area (Å²) in [7, 11) is 0. The fraction of sp³-hybridized carbons (Fsp3) is 0.211. The molecule has 5 aromatic rings. The van der Waals surface area contributed by atoms with Crippen molar-refractivity contribution in [3.63, 3.8) is 0 Å². The molecule has 1 saturated heterocycles. The van der Waals surface area contributed by atoms with Crippen molar-refractivity contribution in [1.29, 1.82) is 0 Å². The van der Waals surface area contributed by atoms with Crippen molar-refractivity contribution < 1.29 is 14.4 Å². The Balaban J connectivity index is 1.09. The molecular weight excluding hydrogens is 607 g/mol. The largest absolute Gasteiger partial charge is 0.368 e. The Labute approximate surface area is 278 Å². The van der Waals surface area contributed by atoms with E-state index in [9.17, 15) is 14.4 Å². The lowest BCUT2D eigenvalue weighted by Gasteiger charge is -2.36. The number of fused-ring (bicyclic) bond motifs is 3. The van der Waals surface area contributed by atoms with Gasteiger partial charge in [0.1, 0.15) is 5.70 Å². The van der Waals surface area contributed by atoms with E-state index in [0.29, 0.717) is 48.3 Å². The lowest BCUT2D eigenvalue weighted by molar-refractivity contribution is -0.128. The van der Waals surface area contributed by atoms with Crippen molar-refractivity contribution in [3.8, 4) is 0 Å². The molecule has 0 atom stereocenters. The second-order valence-corrected chi connectivity index (χ2v) is 12.6. The molecule has 2 aliphatic heterocycles. The molecule has 0 unspecified atom stereocenters. The highest BCUT2D eigenvalue weighted by molar-refractivity contribution is 8.14. The van der Waals surface area contributed by atoms with Crippen LogP contribution in [0.25, 0.3) is 27.9 Å². The molecule has 8 nitrogen and oxygen atoms in total. The SMILES string of the molecule is CCn1c2ccccc2c2cc(/C=C3/N=C(SCC(=O)N4CCN(c5ccc(C(C)=O)cc5)CC4)N(c4ccccc4)C3=O)ccc21. The molecule has 9 heteroatoms. The van der Waals surface area contributed by atoms with Crippen LogP contribution in [0.3, 0.4) is 0 Å². The summed E-state index contributed by atoms with van der Waals surface area (Å²) in [6, 6.07) is 31.7. The third kappa shape index (κ3) is 5.94. The maximum atomic E-state index is 13.8. The monoisotopic (exact) mass is 641 g/mol. The summed E-state index contributed by atoms with van der Waals surface area (Å²) < 4.78 is 2.30. The van der Waals surface area contributed by atoms with Crippen molar-refractivity contribution in [2.24, 2.45) is 4.99 Å². The first kappa shape index (κ1) is 30.5. The number of hydrogen-bond acceptors (Lipinski definition) is 6. The summed E-state index contributed by atoms with van der Waals surface area (Å²) in [5.74, 6) is 0.0225. The number of amides is 2. The second kappa shape index (κ2) is 12.9. The molecule has 2 amide bonds. The first-order valence-electron chi connectivity index (χ1n) is 15.9. The van der Waals surface area contributed by atoms with Gasteiger partial charge in [-0.2, -0.15) is 0 Å². The third-order valence-corrected chi connectivity index (χ3v) is 9.78. The Bertz CT molecular complexity index is 2060. The fourth-order valence-corrected chi connectivity index (χ4v) is 7.31. The van der Waals surface area contributed by atoms with Gasteiger partial charge in [0.2, 0.25) is 5.91 Å². The van der Waals surface area contributed by atoms with Gasteiger partial charge in [0, 0.05) is 65.8 Å². The number of para-hydroxylation sites is 2. The van der Waals surface area contributed by atoms with Crippen LogP contribution in [0.5, 0.6) is 0 Å². The number of aryl methyl sites for hydroxylation is 1. The van der Waals surface area contributed by atoms with Crippen LogP contribution in [0.15, 0.2) is 108 Å². The molecule has 236 valence electrons. The number of carbonyl (C=O) groups is 3. The first-order chi connectivity index (χ1) is 22.9. The van der Waals surface area contributed by atoms with Gasteiger partial charge in [0.05, 0.1) is 11.4 Å². The highest BCUT2D eigenvalue weighted by Crippen LogP contribution is 2.33. The van der Waals surface area contributed by atoms with E-state index in [1.54, 1.807) is 11.8 Å². The third-order valence-electron chi connectivity index (χ3n) is 8.86. The van der Waals surface area contributed by atoms with Crippen LogP contribution in [0.4, 0.5) is 11.4 Å². The van der Waals surface area contributed by atoms with E-state index in [0.717, 1.165) is 28.7 Å². The van der Waals surface area contributed by atoms with Gasteiger partial charge in [-0.25, -0.2) is 4.99 Å². The van der Waals surface area contributed by atoms with Crippen LogP contribution in [0.2, 0.25) is 0 Å². The summed E-state index contributed by atoms with van der Waals surface area (Å²) >= 11 is 1.29. The average molecular weight is 642 g/mol. The number of nitrogens with zero attached hydrogens (tertiary/aromatic N) is 5. The number of anilines is 2. The van der Waals surface area contributed by atoms with Gasteiger partial charge in [0.15, 0.2) is 11.0 Å². The number of ketones is 1. The standard InChI is InChI=1S/C38H35N5O3S/c1-3-42-34-12-8-7-11-31(34)32-23-27(13-18-35(32)42)24-33-37(46)43(30-9-5-4-6-10-30)38(39-33)47-25-36(45)41-21-19-40(20-22-41)29-16-14-28(15-17-29)26(2)44/h4-18,23-24H,3,19-22,25H2,1-2H3/b33-24+. The lowest BCUT2D eigenvalue weighted by atomic mass is 10.1. The predicted octanol–water partition coefficient (Wildman–Crippen LogP) is 6.84. The van der Waals surface area contributed by atoms with Crippen LogP contribution < -0.4 is 9.80 Å². The molecule has 0 saturated carbocycles. The molecule has 1 aromatic heterocycles. The topological polar surface area (TPSA) is 78.2 Å². The molecule has 0 bridgehead atoms. The Hall–Kier alpha value is -5.15. The van der Waals surface area contributed by atoms with Crippen molar-refractivity contribution >= 4 is 73.8 Å². The summed E-state index contributed by atoms with van der Waals surface area (Å²) in [5.41, 5.74) is 6.03. The molecule has 0 N–H and O–H groups in total. The Morgan fingerprint density at radius 3 is 2.23 bits per heavy atom. The minimum absolute atomic E-state index is 0.0138. The van der Waals surface area contributed by atoms with Crippen LogP contribution in [-0.2, 0) is 16.1 Å². The number of aliphatic imine (C=N–C) groups is 1. The van der Waals surface area contributed by atoms with Gasteiger partial charge in [0.25, 0.3) is 5.91 Å². The minimum Gasteiger partial charge on any atom is -0.368 e. The number of Topliss-reactive ketones (excluding diaryl/α,β-unsaturated/α-hetero) is 1. The number of carbonyl (C=O) groups excluding carboxylic acids is 3. The Kier molecular flexibility index (Phi) is 8.39. The van der Waals surface area contributed by atoms with E-state index in [4.69, 9.17) is 4.99 Å². The van der Waals surface area contributed by atoms with Crippen molar-refractivity contribution in [2.45, 2.75) is 20.4 Å². The molecule has 4 aromatic carbocycles. The lowest BCUT2D eigenvalue weighted by Crippen LogP contribution is -2.49. The van der Waals surface area contributed by atoms with E-state index in [1.165, 1.54) is 22.7 Å². The summed E-state index contributed by atoms with van der Waals surface area (Å²) in [6.07, 6.45) is 1.84. The summed E-state index contributed by atoms with van der Waals surface area (Å²) in [6.45, 7) is 7.19. The quantitative estimate of drug-likeness (QED) is 0.144. The number of aromatic nitrogens is 1. The number of piperazine rings is 1. The fourth-order valence-electron chi connectivity index (χ4n) is 6.40. The van der Waals surface area contributed by atoms with Crippen molar-refractivity contribution in [2.75, 3.05) is 41.7 Å². The van der Waals surface area contributed by atoms with Gasteiger partial charge in [-0.3, -0.25) is 19.3 Å². The Morgan fingerprint density at radius 1 is 0.809 bits per heavy atom. The number of hydrogen-bond donors (Lipinski definition) is 0. The molecular formula is C38H35N5O3S. The maximum absolute atomic E-state index is 13.8. The molecule has 0 spiro atoms. The smallest absolute Gasteiger partial charge is 0.283 e. The molecule has 1 fully saturated rings. The van der Waals surface area contributed by atoms with Gasteiger partial charge in [-0.05, 0) is 80.1 Å². The first-order valence-corrected chi connectivity index (χ1v) is 16.9. The number of benzene rings is 4. The zero-order chi connectivity index (χ0) is 32.5. The molecule has 7 rings (SSSR count). The molecule has 0 aliphatic carbocycles. The van der Waals surface area contributed by atoms with Crippen LogP contribution in [0, 0.1) is 0 Å². The molecule has 3 heterocycles. The summed E-state index contributed by atoms with van der Waals surface area (Å²) in [4.78, 5) is 49.3. The van der Waals surface area contributed by atoms with Gasteiger partial charge < -0.3 is 14.4 Å². The molecule has 0 radical (unpaired) electrons. The van der Waals surface area contributed by atoms with Crippen LogP contribution in [0.1, 0.15) is 29.8 Å². The van der Waals surface area contributed by atoms with Crippen molar-refractivity contribution in [3.05, 3.63) is 114 Å². The predicted molar refractivity (Wildman–Crippen MR) is 192 cm³/mol. The van der Waals surface area contributed by atoms with Gasteiger partial charge in [-0.1, -0.05) is 54.2 Å². The van der Waals surface area contributed by atoms with Crippen molar-refractivity contribution in [1.82, 2.24) is 9.47 Å². The number of thioether (sulfide) groups is 1. The molecule has 47 heavy (non-hydrogen) atoms. The normalized spacial score (nSPS) is 16.0. The highest BCUT2D eigenvalue weighted by Gasteiger charge is 2.33. The van der Waals surface area contributed by atoms with E-state index in [2.05, 4.69) is 52.8 Å². The van der Waals surface area contributed by atoms with E-state index in [1.807, 2.05) is 71.6 Å². The van der Waals surface area contributed by atoms with Gasteiger partial charge >= 0.3 is 0 Å². The second-order valence-electron chi connectivity index (χ2n) is 11.7. The Morgan fingerprint density at radius 2 is 1.51 bits per heavy atom. The zero-order valence-corrected chi connectivity index (χ0v) is 27.2. The number of rotatable bonds is 7. The van der Waals surface area contributed by atoms with E-state index < -0.39 is 0 Å². The summed E-state index contributed by atoms with van der Waals surface area (Å²) in [5, 5.41) is 2.81. The average Bonchev–Trinajstić information content (AvgIpc) is 3.60. The number of amidine groups is 1. The highest BCUT2D eigenvalue weighted by atomic mass is 32.2. The zero-order valence-electron chi connectivity index (χ0n) is 26.4.